The summed E-state index contributed by atoms with van der Waals surface area (Å²) in [4.78, 5) is 6.99. The summed E-state index contributed by atoms with van der Waals surface area (Å²) >= 11 is 0. The molecule has 0 spiro atoms. The zero-order chi connectivity index (χ0) is 14.9. The van der Waals surface area contributed by atoms with E-state index in [0.717, 1.165) is 12.1 Å². The molecule has 1 aliphatic carbocycles. The molecule has 2 aliphatic rings. The molecular formula is C20H24N2. The summed E-state index contributed by atoms with van der Waals surface area (Å²) in [6.07, 6.45) is 10.3. The Morgan fingerprint density at radius 2 is 2.05 bits per heavy atom. The summed E-state index contributed by atoms with van der Waals surface area (Å²) in [5.41, 5.74) is 5.63. The van der Waals surface area contributed by atoms with Gasteiger partial charge < -0.3 is 0 Å². The monoisotopic (exact) mass is 292 g/mol. The molecule has 2 nitrogen and oxygen atoms in total. The molecule has 2 heterocycles. The third-order valence-electron chi connectivity index (χ3n) is 5.48. The highest BCUT2D eigenvalue weighted by Gasteiger charge is 2.30. The quantitative estimate of drug-likeness (QED) is 0.829. The van der Waals surface area contributed by atoms with Crippen LogP contribution in [0, 0.1) is 0 Å². The van der Waals surface area contributed by atoms with Gasteiger partial charge in [0.25, 0.3) is 0 Å². The van der Waals surface area contributed by atoms with Gasteiger partial charge in [-0.15, -0.1) is 0 Å². The molecule has 2 unspecified atom stereocenters. The van der Waals surface area contributed by atoms with Crippen LogP contribution in [0.5, 0.6) is 0 Å². The molecule has 0 amide bonds. The van der Waals surface area contributed by atoms with Crippen molar-refractivity contribution >= 4 is 0 Å². The normalized spacial score (nSPS) is 25.1. The molecule has 0 bridgehead atoms. The fourth-order valence-electron chi connectivity index (χ4n) is 4.23. The second-order valence-electron chi connectivity index (χ2n) is 6.85. The molecule has 22 heavy (non-hydrogen) atoms. The lowest BCUT2D eigenvalue weighted by atomic mass is 9.85. The van der Waals surface area contributed by atoms with Gasteiger partial charge in [-0.1, -0.05) is 24.3 Å². The van der Waals surface area contributed by atoms with Gasteiger partial charge in [0.05, 0.1) is 0 Å². The first kappa shape index (κ1) is 14.0. The third-order valence-corrected chi connectivity index (χ3v) is 5.48. The molecule has 2 heteroatoms. The van der Waals surface area contributed by atoms with Crippen molar-refractivity contribution in [2.45, 2.75) is 51.1 Å². The Labute approximate surface area is 133 Å². The average Bonchev–Trinajstić information content (AvgIpc) is 3.01. The van der Waals surface area contributed by atoms with Crippen LogP contribution < -0.4 is 0 Å². The van der Waals surface area contributed by atoms with Crippen molar-refractivity contribution in [3.63, 3.8) is 0 Å². The van der Waals surface area contributed by atoms with Crippen molar-refractivity contribution in [2.24, 2.45) is 0 Å². The van der Waals surface area contributed by atoms with Crippen molar-refractivity contribution < 1.29 is 0 Å². The van der Waals surface area contributed by atoms with Crippen LogP contribution in [-0.2, 0) is 12.8 Å². The number of hydrogen-bond donors (Lipinski definition) is 0. The Kier molecular flexibility index (Phi) is 3.71. The largest absolute Gasteiger partial charge is 0.297 e. The highest BCUT2D eigenvalue weighted by atomic mass is 15.2. The summed E-state index contributed by atoms with van der Waals surface area (Å²) in [6.45, 7) is 3.70. The molecular weight excluding hydrogens is 268 g/mol. The van der Waals surface area contributed by atoms with Gasteiger partial charge in [0.1, 0.15) is 0 Å². The van der Waals surface area contributed by atoms with E-state index in [9.17, 15) is 0 Å². The number of hydrogen-bond acceptors (Lipinski definition) is 2. The molecule has 1 saturated heterocycles. The average molecular weight is 292 g/mol. The van der Waals surface area contributed by atoms with Crippen molar-refractivity contribution in [1.82, 2.24) is 9.88 Å². The number of pyridine rings is 1. The molecule has 0 saturated carbocycles. The van der Waals surface area contributed by atoms with E-state index >= 15 is 0 Å². The van der Waals surface area contributed by atoms with Gasteiger partial charge in [-0.2, -0.15) is 0 Å². The number of likely N-dealkylation sites (tertiary alicyclic amines) is 1. The van der Waals surface area contributed by atoms with Crippen LogP contribution in [0.1, 0.15) is 37.3 Å². The third kappa shape index (κ3) is 2.56. The van der Waals surface area contributed by atoms with Gasteiger partial charge in [0.15, 0.2) is 0 Å². The van der Waals surface area contributed by atoms with E-state index in [2.05, 4.69) is 41.1 Å². The molecule has 2 aromatic rings. The number of fused-ring (bicyclic) bond motifs is 1. The van der Waals surface area contributed by atoms with E-state index in [4.69, 9.17) is 0 Å². The summed E-state index contributed by atoms with van der Waals surface area (Å²) in [5, 5.41) is 0. The van der Waals surface area contributed by atoms with Crippen molar-refractivity contribution in [1.29, 1.82) is 0 Å². The number of aromatic nitrogens is 1. The van der Waals surface area contributed by atoms with Crippen LogP contribution in [0.15, 0.2) is 42.7 Å². The second-order valence-corrected chi connectivity index (χ2v) is 6.85. The summed E-state index contributed by atoms with van der Waals surface area (Å²) < 4.78 is 0. The maximum atomic E-state index is 4.24. The van der Waals surface area contributed by atoms with E-state index in [1.807, 2.05) is 18.5 Å². The van der Waals surface area contributed by atoms with Crippen LogP contribution in [0.3, 0.4) is 0 Å². The molecule has 1 aromatic carbocycles. The molecule has 1 aromatic heterocycles. The van der Waals surface area contributed by atoms with Crippen LogP contribution in [-0.4, -0.2) is 28.5 Å². The SMILES string of the molecule is CC1CCCN1C1CCc2cc(-c3cccnc3)ccc2C1. The Balaban J connectivity index is 1.57. The van der Waals surface area contributed by atoms with Crippen LogP contribution in [0.4, 0.5) is 0 Å². The summed E-state index contributed by atoms with van der Waals surface area (Å²) in [7, 11) is 0. The second kappa shape index (κ2) is 5.85. The fraction of sp³-hybridized carbons (Fsp3) is 0.450. The lowest BCUT2D eigenvalue weighted by Gasteiger charge is -2.35. The van der Waals surface area contributed by atoms with E-state index in [0.29, 0.717) is 0 Å². The van der Waals surface area contributed by atoms with E-state index in [-0.39, 0.29) is 0 Å². The smallest absolute Gasteiger partial charge is 0.0346 e. The van der Waals surface area contributed by atoms with Gasteiger partial charge in [0.2, 0.25) is 0 Å². The number of aryl methyl sites for hydroxylation is 1. The highest BCUT2D eigenvalue weighted by Crippen LogP contribution is 2.31. The Bertz CT molecular complexity index is 650. The fourth-order valence-corrected chi connectivity index (χ4v) is 4.23. The first-order valence-corrected chi connectivity index (χ1v) is 8.59. The molecule has 0 N–H and O–H groups in total. The molecule has 0 radical (unpaired) electrons. The highest BCUT2D eigenvalue weighted by molar-refractivity contribution is 5.64. The first-order chi connectivity index (χ1) is 10.8. The Morgan fingerprint density at radius 1 is 1.09 bits per heavy atom. The first-order valence-electron chi connectivity index (χ1n) is 8.59. The van der Waals surface area contributed by atoms with Gasteiger partial charge in [-0.25, -0.2) is 0 Å². The number of nitrogens with zero attached hydrogens (tertiary/aromatic N) is 2. The van der Waals surface area contributed by atoms with Crippen molar-refractivity contribution in [3.05, 3.63) is 53.9 Å². The molecule has 4 rings (SSSR count). The summed E-state index contributed by atoms with van der Waals surface area (Å²) in [5.74, 6) is 0. The minimum Gasteiger partial charge on any atom is -0.297 e. The lowest BCUT2D eigenvalue weighted by molar-refractivity contribution is 0.174. The topological polar surface area (TPSA) is 16.1 Å². The van der Waals surface area contributed by atoms with Crippen molar-refractivity contribution in [3.8, 4) is 11.1 Å². The maximum Gasteiger partial charge on any atom is 0.0346 e. The number of benzene rings is 1. The van der Waals surface area contributed by atoms with Crippen LogP contribution >= 0.6 is 0 Å². The predicted octanol–water partition coefficient (Wildman–Crippen LogP) is 4.09. The Morgan fingerprint density at radius 3 is 2.82 bits per heavy atom. The maximum absolute atomic E-state index is 4.24. The van der Waals surface area contributed by atoms with E-state index < -0.39 is 0 Å². The standard InChI is InChI=1S/C20H24N2/c1-15-4-3-11-22(15)20-9-8-16-12-17(6-7-18(16)13-20)19-5-2-10-21-14-19/h2,5-7,10,12,14-15,20H,3-4,8-9,11,13H2,1H3. The minimum absolute atomic E-state index is 0.759. The van der Waals surface area contributed by atoms with Crippen LogP contribution in [0.25, 0.3) is 11.1 Å². The van der Waals surface area contributed by atoms with Gasteiger partial charge in [-0.05, 0) is 73.9 Å². The Hall–Kier alpha value is -1.67. The number of rotatable bonds is 2. The van der Waals surface area contributed by atoms with Crippen LogP contribution in [0.2, 0.25) is 0 Å². The molecule has 1 fully saturated rings. The van der Waals surface area contributed by atoms with Gasteiger partial charge >= 0.3 is 0 Å². The lowest BCUT2D eigenvalue weighted by Crippen LogP contribution is -2.41. The minimum atomic E-state index is 0.759. The van der Waals surface area contributed by atoms with E-state index in [1.165, 1.54) is 49.8 Å². The molecule has 114 valence electrons. The predicted molar refractivity (Wildman–Crippen MR) is 90.9 cm³/mol. The zero-order valence-electron chi connectivity index (χ0n) is 13.3. The summed E-state index contributed by atoms with van der Waals surface area (Å²) in [6, 6.07) is 12.7. The van der Waals surface area contributed by atoms with E-state index in [1.54, 1.807) is 11.1 Å². The molecule has 2 atom stereocenters. The molecule has 1 aliphatic heterocycles. The zero-order valence-corrected chi connectivity index (χ0v) is 13.3. The van der Waals surface area contributed by atoms with Gasteiger partial charge in [-0.3, -0.25) is 9.88 Å². The van der Waals surface area contributed by atoms with Gasteiger partial charge in [0, 0.05) is 24.5 Å². The van der Waals surface area contributed by atoms with Crippen molar-refractivity contribution in [2.75, 3.05) is 6.54 Å².